The van der Waals surface area contributed by atoms with Gasteiger partial charge >= 0.3 is 6.01 Å². The summed E-state index contributed by atoms with van der Waals surface area (Å²) in [6, 6.07) is 47.8. The molecule has 0 radical (unpaired) electrons. The summed E-state index contributed by atoms with van der Waals surface area (Å²) in [5.74, 6) is 2.41. The van der Waals surface area contributed by atoms with Gasteiger partial charge in [0, 0.05) is 53.4 Å². The molecule has 0 spiro atoms. The number of benzene rings is 5. The topological polar surface area (TPSA) is 33.1 Å². The van der Waals surface area contributed by atoms with Crippen LogP contribution < -0.4 is 13.9 Å². The maximum atomic E-state index is 6.56. The normalized spacial score (nSPS) is 12.7. The Morgan fingerprint density at radius 1 is 0.630 bits per heavy atom. The summed E-state index contributed by atoms with van der Waals surface area (Å²) in [4.78, 5) is 4.82. The van der Waals surface area contributed by atoms with E-state index in [0.29, 0.717) is 0 Å². The van der Waals surface area contributed by atoms with E-state index in [0.717, 1.165) is 56.5 Å². The van der Waals surface area contributed by atoms with Crippen LogP contribution in [0, 0.1) is 6.92 Å². The molecule has 2 aromatic heterocycles. The molecule has 5 heteroatoms. The number of ether oxygens (including phenoxy) is 1. The SMILES string of the molecule is Cc1ccc([N+]2=C=[N+](c3cccc(Oc4ccc5c6ccccc6n(-c6cc(C(C)(C)C)ccn6)c5c4)c3)c3ccccc32)cc1. The molecular weight excluding hydrogens is 564 g/mol. The molecule has 1 aliphatic heterocycles. The largest absolute Gasteiger partial charge is 0.503 e. The van der Waals surface area contributed by atoms with E-state index in [2.05, 4.69) is 157 Å². The van der Waals surface area contributed by atoms with Crippen LogP contribution >= 0.6 is 0 Å². The molecule has 0 N–H and O–H groups in total. The Bertz CT molecular complexity index is 2370. The minimum atomic E-state index is 0.0115. The number of para-hydroxylation sites is 3. The smallest absolute Gasteiger partial charge is 0.457 e. The van der Waals surface area contributed by atoms with Gasteiger partial charge in [-0.1, -0.05) is 74.9 Å². The third-order valence-corrected chi connectivity index (χ3v) is 8.65. The molecule has 7 aromatic rings. The number of fused-ring (bicyclic) bond motifs is 4. The van der Waals surface area contributed by atoms with Crippen molar-refractivity contribution in [3.8, 4) is 17.3 Å². The van der Waals surface area contributed by atoms with Gasteiger partial charge in [0.15, 0.2) is 0 Å². The lowest BCUT2D eigenvalue weighted by Gasteiger charge is -2.20. The summed E-state index contributed by atoms with van der Waals surface area (Å²) in [6.07, 6.45) is 1.91. The summed E-state index contributed by atoms with van der Waals surface area (Å²) in [6.45, 7) is 8.79. The molecule has 0 aliphatic carbocycles. The molecule has 0 bridgehead atoms. The fraction of sp³-hybridized carbons (Fsp3) is 0.122. The van der Waals surface area contributed by atoms with E-state index >= 15 is 0 Å². The number of aromatic nitrogens is 2. The van der Waals surface area contributed by atoms with E-state index in [4.69, 9.17) is 9.72 Å². The zero-order chi connectivity index (χ0) is 31.4. The van der Waals surface area contributed by atoms with Crippen molar-refractivity contribution >= 4 is 50.6 Å². The van der Waals surface area contributed by atoms with Gasteiger partial charge in [-0.05, 0) is 63.5 Å². The van der Waals surface area contributed by atoms with E-state index < -0.39 is 0 Å². The van der Waals surface area contributed by atoms with Gasteiger partial charge in [0.1, 0.15) is 17.3 Å². The molecular formula is C41H34N4O+2. The molecule has 0 amide bonds. The maximum Gasteiger partial charge on any atom is 0.503 e. The minimum absolute atomic E-state index is 0.0115. The second kappa shape index (κ2) is 10.7. The minimum Gasteiger partial charge on any atom is -0.457 e. The highest BCUT2D eigenvalue weighted by Gasteiger charge is 2.36. The highest BCUT2D eigenvalue weighted by atomic mass is 16.5. The van der Waals surface area contributed by atoms with Gasteiger partial charge in [-0.3, -0.25) is 4.57 Å². The molecule has 5 nitrogen and oxygen atoms in total. The molecule has 0 fully saturated rings. The molecule has 5 aromatic carbocycles. The quantitative estimate of drug-likeness (QED) is 0.185. The number of hydrogen-bond donors (Lipinski definition) is 0. The number of hydrogen-bond acceptors (Lipinski definition) is 2. The summed E-state index contributed by atoms with van der Waals surface area (Å²) >= 11 is 0. The van der Waals surface area contributed by atoms with E-state index in [1.807, 2.05) is 24.4 Å². The Morgan fingerprint density at radius 3 is 2.11 bits per heavy atom. The van der Waals surface area contributed by atoms with Crippen molar-refractivity contribution in [2.45, 2.75) is 33.1 Å². The van der Waals surface area contributed by atoms with Crippen LogP contribution in [0.1, 0.15) is 31.9 Å². The van der Waals surface area contributed by atoms with Gasteiger partial charge in [0.05, 0.1) is 17.1 Å². The zero-order valence-electron chi connectivity index (χ0n) is 26.4. The first kappa shape index (κ1) is 27.8. The third kappa shape index (κ3) is 4.79. The molecule has 1 aliphatic rings. The molecule has 46 heavy (non-hydrogen) atoms. The van der Waals surface area contributed by atoms with Crippen molar-refractivity contribution in [1.82, 2.24) is 18.7 Å². The van der Waals surface area contributed by atoms with Crippen molar-refractivity contribution in [1.29, 1.82) is 0 Å². The molecule has 0 saturated heterocycles. The van der Waals surface area contributed by atoms with Crippen LogP contribution in [0.25, 0.3) is 27.6 Å². The van der Waals surface area contributed by atoms with Crippen molar-refractivity contribution < 1.29 is 4.74 Å². The van der Waals surface area contributed by atoms with Crippen molar-refractivity contribution in [3.05, 3.63) is 145 Å². The first-order chi connectivity index (χ1) is 22.3. The van der Waals surface area contributed by atoms with Crippen LogP contribution in [0.4, 0.5) is 22.7 Å². The Labute approximate surface area is 268 Å². The van der Waals surface area contributed by atoms with Gasteiger partial charge in [-0.15, -0.1) is 0 Å². The fourth-order valence-corrected chi connectivity index (χ4v) is 6.23. The lowest BCUT2D eigenvalue weighted by Crippen LogP contribution is -2.12. The van der Waals surface area contributed by atoms with Gasteiger partial charge < -0.3 is 4.74 Å². The Hall–Kier alpha value is -5.77. The zero-order valence-corrected chi connectivity index (χ0v) is 26.4. The Morgan fingerprint density at radius 2 is 1.33 bits per heavy atom. The highest BCUT2D eigenvalue weighted by Crippen LogP contribution is 2.38. The van der Waals surface area contributed by atoms with Gasteiger partial charge in [0.25, 0.3) is 11.4 Å². The summed E-state index contributed by atoms with van der Waals surface area (Å²) in [5.41, 5.74) is 8.84. The van der Waals surface area contributed by atoms with Crippen LogP contribution in [0.3, 0.4) is 0 Å². The Kier molecular flexibility index (Phi) is 6.45. The number of rotatable bonds is 5. The van der Waals surface area contributed by atoms with Crippen LogP contribution in [-0.2, 0) is 5.41 Å². The molecule has 8 rings (SSSR count). The summed E-state index contributed by atoms with van der Waals surface area (Å²) in [7, 11) is 0. The van der Waals surface area contributed by atoms with Gasteiger partial charge in [0.2, 0.25) is 11.4 Å². The molecule has 3 heterocycles. The third-order valence-electron chi connectivity index (χ3n) is 8.65. The molecule has 0 unspecified atom stereocenters. The molecule has 0 atom stereocenters. The van der Waals surface area contributed by atoms with Crippen LogP contribution in [0.2, 0.25) is 0 Å². The van der Waals surface area contributed by atoms with Crippen LogP contribution in [-0.4, -0.2) is 15.6 Å². The van der Waals surface area contributed by atoms with Gasteiger partial charge in [-0.25, -0.2) is 4.98 Å². The standard InChI is InChI=1S/C41H34N4O/c1-28-16-18-30(19-17-28)43-27-44(38-15-8-7-14-37(38)43)31-10-9-11-32(25-31)46-33-20-21-35-34-12-5-6-13-36(34)45(39(35)26-33)40-24-29(22-23-42-40)41(2,3)4/h5-26H,1-4H3/q+2. The van der Waals surface area contributed by atoms with E-state index in [9.17, 15) is 0 Å². The van der Waals surface area contributed by atoms with Crippen LogP contribution in [0.15, 0.2) is 134 Å². The summed E-state index contributed by atoms with van der Waals surface area (Å²) in [5, 5.41) is 2.35. The average molecular weight is 599 g/mol. The van der Waals surface area contributed by atoms with E-state index in [1.165, 1.54) is 16.5 Å². The predicted molar refractivity (Wildman–Crippen MR) is 189 cm³/mol. The Balaban J connectivity index is 1.21. The van der Waals surface area contributed by atoms with E-state index in [1.54, 1.807) is 0 Å². The first-order valence-corrected chi connectivity index (χ1v) is 15.6. The van der Waals surface area contributed by atoms with Crippen molar-refractivity contribution in [2.75, 3.05) is 0 Å². The van der Waals surface area contributed by atoms with E-state index in [-0.39, 0.29) is 5.41 Å². The average Bonchev–Trinajstić information content (AvgIpc) is 3.61. The number of aryl methyl sites for hydroxylation is 1. The van der Waals surface area contributed by atoms with Gasteiger partial charge in [-0.2, -0.15) is 0 Å². The lowest BCUT2D eigenvalue weighted by atomic mass is 9.88. The second-order valence-corrected chi connectivity index (χ2v) is 12.9. The molecule has 222 valence electrons. The first-order valence-electron chi connectivity index (χ1n) is 15.6. The maximum absolute atomic E-state index is 6.56. The van der Waals surface area contributed by atoms with Crippen molar-refractivity contribution in [2.24, 2.45) is 0 Å². The summed E-state index contributed by atoms with van der Waals surface area (Å²) < 4.78 is 13.0. The fourth-order valence-electron chi connectivity index (χ4n) is 6.23. The lowest BCUT2D eigenvalue weighted by molar-refractivity contribution is 0.483. The number of pyridine rings is 1. The monoisotopic (exact) mass is 598 g/mol. The second-order valence-electron chi connectivity index (χ2n) is 12.9. The van der Waals surface area contributed by atoms with Crippen molar-refractivity contribution in [3.63, 3.8) is 0 Å². The number of nitrogens with zero attached hydrogens (tertiary/aromatic N) is 4. The van der Waals surface area contributed by atoms with Crippen LogP contribution in [0.5, 0.6) is 11.5 Å². The highest BCUT2D eigenvalue weighted by molar-refractivity contribution is 6.09. The predicted octanol–water partition coefficient (Wildman–Crippen LogP) is 10.4. The molecule has 0 saturated carbocycles.